The SMILES string of the molecule is S=C(Cc1nnc(Cc2csc(Nc3cccc(Cl)c3)n2)n1Cc1ccco1)OC1CCCCC1. The second-order valence-electron chi connectivity index (χ2n) is 8.58. The molecule has 1 fully saturated rings. The number of anilines is 2. The Morgan fingerprint density at radius 3 is 2.83 bits per heavy atom. The molecule has 0 atom stereocenters. The van der Waals surface area contributed by atoms with Gasteiger partial charge in [0.15, 0.2) is 10.2 Å². The first-order valence-electron chi connectivity index (χ1n) is 11.7. The van der Waals surface area contributed by atoms with Crippen LogP contribution < -0.4 is 5.32 Å². The third-order valence-corrected chi connectivity index (χ3v) is 7.20. The average Bonchev–Trinajstić information content (AvgIpc) is 3.59. The van der Waals surface area contributed by atoms with Crippen LogP contribution in [0.5, 0.6) is 0 Å². The van der Waals surface area contributed by atoms with Gasteiger partial charge in [-0.25, -0.2) is 4.98 Å². The minimum absolute atomic E-state index is 0.220. The van der Waals surface area contributed by atoms with E-state index >= 15 is 0 Å². The lowest BCUT2D eigenvalue weighted by atomic mass is 9.98. The molecule has 1 saturated carbocycles. The zero-order valence-electron chi connectivity index (χ0n) is 19.2. The summed E-state index contributed by atoms with van der Waals surface area (Å²) in [5, 5.41) is 16.3. The van der Waals surface area contributed by atoms with E-state index in [0.29, 0.717) is 29.5 Å². The van der Waals surface area contributed by atoms with E-state index in [9.17, 15) is 0 Å². The summed E-state index contributed by atoms with van der Waals surface area (Å²) in [6, 6.07) is 11.4. The maximum atomic E-state index is 6.09. The number of hydrogen-bond donors (Lipinski definition) is 1. The molecule has 3 aromatic heterocycles. The van der Waals surface area contributed by atoms with E-state index in [2.05, 4.69) is 20.1 Å². The number of ether oxygens (including phenoxy) is 1. The highest BCUT2D eigenvalue weighted by Gasteiger charge is 2.20. The van der Waals surface area contributed by atoms with E-state index in [1.54, 1.807) is 6.26 Å². The summed E-state index contributed by atoms with van der Waals surface area (Å²) in [7, 11) is 0. The van der Waals surface area contributed by atoms with Gasteiger partial charge in [-0.3, -0.25) is 0 Å². The number of benzene rings is 1. The van der Waals surface area contributed by atoms with Gasteiger partial charge in [0.25, 0.3) is 0 Å². The molecule has 35 heavy (non-hydrogen) atoms. The molecule has 10 heteroatoms. The molecule has 1 aliphatic rings. The van der Waals surface area contributed by atoms with Crippen molar-refractivity contribution in [2.75, 3.05) is 5.32 Å². The maximum absolute atomic E-state index is 6.09. The summed E-state index contributed by atoms with van der Waals surface area (Å²) >= 11 is 13.2. The van der Waals surface area contributed by atoms with Gasteiger partial charge in [-0.15, -0.1) is 21.5 Å². The molecule has 0 aliphatic heterocycles. The molecular weight excluding hydrogens is 502 g/mol. The van der Waals surface area contributed by atoms with Gasteiger partial charge >= 0.3 is 0 Å². The minimum atomic E-state index is 0.220. The Hall–Kier alpha value is -2.75. The van der Waals surface area contributed by atoms with Crippen molar-refractivity contribution in [3.8, 4) is 0 Å². The zero-order valence-corrected chi connectivity index (χ0v) is 21.5. The predicted molar refractivity (Wildman–Crippen MR) is 142 cm³/mol. The van der Waals surface area contributed by atoms with Crippen molar-refractivity contribution in [1.82, 2.24) is 19.7 Å². The molecule has 3 heterocycles. The van der Waals surface area contributed by atoms with E-state index in [1.807, 2.05) is 41.8 Å². The van der Waals surface area contributed by atoms with E-state index in [4.69, 9.17) is 38.0 Å². The number of furan rings is 1. The molecule has 0 amide bonds. The number of thiazole rings is 1. The van der Waals surface area contributed by atoms with Crippen LogP contribution in [0.25, 0.3) is 0 Å². The van der Waals surface area contributed by atoms with Gasteiger partial charge in [0.2, 0.25) is 0 Å². The molecular formula is C25H26ClN5O2S2. The van der Waals surface area contributed by atoms with Crippen LogP contribution in [0.2, 0.25) is 5.02 Å². The van der Waals surface area contributed by atoms with Gasteiger partial charge in [-0.2, -0.15) is 0 Å². The van der Waals surface area contributed by atoms with Crippen molar-refractivity contribution in [2.45, 2.75) is 57.6 Å². The van der Waals surface area contributed by atoms with Gasteiger partial charge in [0.1, 0.15) is 17.4 Å². The quantitative estimate of drug-likeness (QED) is 0.246. The predicted octanol–water partition coefficient (Wildman–Crippen LogP) is 6.58. The second kappa shape index (κ2) is 11.3. The summed E-state index contributed by atoms with van der Waals surface area (Å²) in [5.41, 5.74) is 1.80. The van der Waals surface area contributed by atoms with E-state index in [1.165, 1.54) is 30.6 Å². The van der Waals surface area contributed by atoms with E-state index in [-0.39, 0.29) is 6.10 Å². The van der Waals surface area contributed by atoms with Crippen LogP contribution in [0.4, 0.5) is 10.8 Å². The molecule has 5 rings (SSSR count). The van der Waals surface area contributed by atoms with Crippen molar-refractivity contribution in [1.29, 1.82) is 0 Å². The normalized spacial score (nSPS) is 14.2. The number of nitrogens with one attached hydrogen (secondary N) is 1. The first kappa shape index (κ1) is 24.0. The lowest BCUT2D eigenvalue weighted by molar-refractivity contribution is 0.144. The Morgan fingerprint density at radius 2 is 2.03 bits per heavy atom. The summed E-state index contributed by atoms with van der Waals surface area (Å²) in [4.78, 5) is 4.73. The fraction of sp³-hybridized carbons (Fsp3) is 0.360. The van der Waals surface area contributed by atoms with Gasteiger partial charge in [0, 0.05) is 16.1 Å². The Bertz CT molecular complexity index is 1260. The molecule has 182 valence electrons. The first-order chi connectivity index (χ1) is 17.1. The molecule has 0 bridgehead atoms. The number of nitrogens with zero attached hydrogens (tertiary/aromatic N) is 4. The zero-order chi connectivity index (χ0) is 24.0. The Morgan fingerprint density at radius 1 is 1.17 bits per heavy atom. The maximum Gasteiger partial charge on any atom is 0.187 e. The third-order valence-electron chi connectivity index (χ3n) is 5.92. The van der Waals surface area contributed by atoms with E-state index in [0.717, 1.165) is 46.8 Å². The van der Waals surface area contributed by atoms with Crippen LogP contribution in [0.1, 0.15) is 55.2 Å². The molecule has 0 unspecified atom stereocenters. The average molecular weight is 528 g/mol. The number of rotatable bonds is 9. The monoisotopic (exact) mass is 527 g/mol. The van der Waals surface area contributed by atoms with Crippen LogP contribution in [0, 0.1) is 0 Å². The fourth-order valence-electron chi connectivity index (χ4n) is 4.21. The third kappa shape index (κ3) is 6.48. The molecule has 1 aliphatic carbocycles. The number of aromatic nitrogens is 4. The van der Waals surface area contributed by atoms with Crippen LogP contribution in [-0.2, 0) is 24.1 Å². The van der Waals surface area contributed by atoms with Crippen LogP contribution in [0.3, 0.4) is 0 Å². The largest absolute Gasteiger partial charge is 0.483 e. The van der Waals surface area contributed by atoms with Crippen LogP contribution in [0.15, 0.2) is 52.5 Å². The Kier molecular flexibility index (Phi) is 7.75. The molecule has 1 aromatic carbocycles. The van der Waals surface area contributed by atoms with Crippen LogP contribution >= 0.6 is 35.2 Å². The van der Waals surface area contributed by atoms with E-state index < -0.39 is 0 Å². The summed E-state index contributed by atoms with van der Waals surface area (Å²) in [6.45, 7) is 0.522. The van der Waals surface area contributed by atoms with Gasteiger partial charge < -0.3 is 19.0 Å². The standard InChI is InChI=1S/C25H26ClN5O2S2/c26-17-6-4-7-18(12-17)27-25-28-19(16-35-25)13-22-29-30-23(31(22)15-21-10-5-11-32-21)14-24(34)33-20-8-2-1-3-9-20/h4-7,10-12,16,20H,1-3,8-9,13-15H2,(H,27,28). The van der Waals surface area contributed by atoms with Crippen molar-refractivity contribution < 1.29 is 9.15 Å². The smallest absolute Gasteiger partial charge is 0.187 e. The lowest BCUT2D eigenvalue weighted by Crippen LogP contribution is -2.22. The molecule has 1 N–H and O–H groups in total. The van der Waals surface area contributed by atoms with Gasteiger partial charge in [0.05, 0.1) is 37.4 Å². The van der Waals surface area contributed by atoms with Crippen molar-refractivity contribution >= 4 is 51.0 Å². The van der Waals surface area contributed by atoms with Crippen molar-refractivity contribution in [3.05, 3.63) is 76.2 Å². The molecule has 0 spiro atoms. The van der Waals surface area contributed by atoms with Gasteiger partial charge in [-0.1, -0.05) is 24.1 Å². The minimum Gasteiger partial charge on any atom is -0.483 e. The summed E-state index contributed by atoms with van der Waals surface area (Å²) in [5.74, 6) is 2.40. The Balaban J connectivity index is 1.30. The van der Waals surface area contributed by atoms with Crippen molar-refractivity contribution in [3.63, 3.8) is 0 Å². The molecule has 0 saturated heterocycles. The number of halogens is 1. The topological polar surface area (TPSA) is 78.0 Å². The molecule has 4 aromatic rings. The second-order valence-corrected chi connectivity index (χ2v) is 10.3. The molecule has 0 radical (unpaired) electrons. The van der Waals surface area contributed by atoms with Crippen molar-refractivity contribution in [2.24, 2.45) is 0 Å². The first-order valence-corrected chi connectivity index (χ1v) is 13.4. The Labute approximate surface area is 218 Å². The number of hydrogen-bond acceptors (Lipinski definition) is 8. The van der Waals surface area contributed by atoms with Crippen LogP contribution in [-0.4, -0.2) is 30.9 Å². The highest BCUT2D eigenvalue weighted by Crippen LogP contribution is 2.25. The number of thiocarbonyl (C=S) groups is 1. The highest BCUT2D eigenvalue weighted by atomic mass is 35.5. The summed E-state index contributed by atoms with van der Waals surface area (Å²) in [6.07, 6.45) is 8.69. The van der Waals surface area contributed by atoms with Gasteiger partial charge in [-0.05, 0) is 68.2 Å². The molecule has 7 nitrogen and oxygen atoms in total. The fourth-order valence-corrected chi connectivity index (χ4v) is 5.40. The highest BCUT2D eigenvalue weighted by molar-refractivity contribution is 7.80. The summed E-state index contributed by atoms with van der Waals surface area (Å²) < 4.78 is 13.7. The lowest BCUT2D eigenvalue weighted by Gasteiger charge is -2.23.